The molecule has 84 valence electrons. The summed E-state index contributed by atoms with van der Waals surface area (Å²) in [5, 5.41) is 6.99. The van der Waals surface area contributed by atoms with Crippen molar-refractivity contribution in [3.63, 3.8) is 0 Å². The third-order valence-corrected chi connectivity index (χ3v) is 2.07. The number of nitrogens with zero attached hydrogens (tertiary/aromatic N) is 2. The zero-order chi connectivity index (χ0) is 11.6. The van der Waals surface area contributed by atoms with Crippen molar-refractivity contribution in [1.82, 2.24) is 9.78 Å². The van der Waals surface area contributed by atoms with Gasteiger partial charge in [-0.3, -0.25) is 9.48 Å². The average molecular weight is 209 g/mol. The number of carbonyl (C=O) groups excluding carboxylic acids is 1. The first-order valence-electron chi connectivity index (χ1n) is 5.16. The third kappa shape index (κ3) is 3.08. The van der Waals surface area contributed by atoms with E-state index in [1.54, 1.807) is 6.20 Å². The highest BCUT2D eigenvalue weighted by Crippen LogP contribution is 2.17. The lowest BCUT2D eigenvalue weighted by Gasteiger charge is -2.16. The van der Waals surface area contributed by atoms with Crippen molar-refractivity contribution in [2.24, 2.45) is 5.41 Å². The molecule has 1 rings (SSSR count). The fourth-order valence-electron chi connectivity index (χ4n) is 1.00. The Hall–Kier alpha value is -1.32. The molecule has 1 aromatic rings. The smallest absolute Gasteiger partial charge is 0.229 e. The van der Waals surface area contributed by atoms with Crippen molar-refractivity contribution >= 4 is 11.6 Å². The van der Waals surface area contributed by atoms with E-state index in [0.717, 1.165) is 5.69 Å². The van der Waals surface area contributed by atoms with Gasteiger partial charge in [-0.1, -0.05) is 20.8 Å². The first-order chi connectivity index (χ1) is 6.80. The van der Waals surface area contributed by atoms with Crippen LogP contribution in [0.5, 0.6) is 0 Å². The summed E-state index contributed by atoms with van der Waals surface area (Å²) in [7, 11) is 0. The Morgan fingerprint density at radius 1 is 1.47 bits per heavy atom. The molecule has 0 aliphatic heterocycles. The Morgan fingerprint density at radius 2 is 2.07 bits per heavy atom. The monoisotopic (exact) mass is 209 g/mol. The van der Waals surface area contributed by atoms with Crippen LogP contribution in [0.25, 0.3) is 0 Å². The highest BCUT2D eigenvalue weighted by atomic mass is 16.2. The second kappa shape index (κ2) is 4.04. The molecule has 0 fully saturated rings. The Morgan fingerprint density at radius 3 is 2.47 bits per heavy atom. The van der Waals surface area contributed by atoms with Gasteiger partial charge in [-0.2, -0.15) is 5.10 Å². The summed E-state index contributed by atoms with van der Waals surface area (Å²) in [5.74, 6) is 0.00538. The molecule has 0 aliphatic carbocycles. The van der Waals surface area contributed by atoms with Crippen LogP contribution in [0.15, 0.2) is 12.4 Å². The van der Waals surface area contributed by atoms with Crippen molar-refractivity contribution < 1.29 is 4.79 Å². The van der Waals surface area contributed by atoms with Gasteiger partial charge in [0.25, 0.3) is 0 Å². The van der Waals surface area contributed by atoms with Gasteiger partial charge in [0.1, 0.15) is 0 Å². The van der Waals surface area contributed by atoms with E-state index in [4.69, 9.17) is 0 Å². The molecule has 0 radical (unpaired) electrons. The molecule has 0 bridgehead atoms. The second-order valence-electron chi connectivity index (χ2n) is 5.01. The number of aromatic nitrogens is 2. The largest absolute Gasteiger partial charge is 0.323 e. The number of amides is 1. The lowest BCUT2D eigenvalue weighted by atomic mass is 9.96. The molecule has 0 aliphatic rings. The summed E-state index contributed by atoms with van der Waals surface area (Å²) in [4.78, 5) is 11.7. The molecule has 0 atom stereocenters. The van der Waals surface area contributed by atoms with Crippen LogP contribution in [-0.4, -0.2) is 15.7 Å². The van der Waals surface area contributed by atoms with E-state index in [2.05, 4.69) is 10.4 Å². The van der Waals surface area contributed by atoms with Gasteiger partial charge in [-0.15, -0.1) is 0 Å². The van der Waals surface area contributed by atoms with Gasteiger partial charge in [0.15, 0.2) is 0 Å². The van der Waals surface area contributed by atoms with Crippen molar-refractivity contribution in [2.45, 2.75) is 40.7 Å². The fraction of sp³-hybridized carbons (Fsp3) is 0.636. The second-order valence-corrected chi connectivity index (χ2v) is 5.01. The number of nitrogens with one attached hydrogen (secondary N) is 1. The highest BCUT2D eigenvalue weighted by Gasteiger charge is 2.21. The van der Waals surface area contributed by atoms with E-state index in [-0.39, 0.29) is 11.3 Å². The maximum Gasteiger partial charge on any atom is 0.229 e. The lowest BCUT2D eigenvalue weighted by molar-refractivity contribution is -0.123. The minimum Gasteiger partial charge on any atom is -0.323 e. The normalized spacial score (nSPS) is 11.9. The molecule has 0 saturated heterocycles. The summed E-state index contributed by atoms with van der Waals surface area (Å²) < 4.78 is 1.82. The molecule has 0 saturated carbocycles. The Bertz CT molecular complexity index is 347. The predicted molar refractivity (Wildman–Crippen MR) is 60.7 cm³/mol. The number of hydrogen-bond donors (Lipinski definition) is 1. The van der Waals surface area contributed by atoms with Crippen molar-refractivity contribution in [2.75, 3.05) is 5.32 Å². The maximum atomic E-state index is 11.7. The van der Waals surface area contributed by atoms with E-state index in [1.807, 2.05) is 45.5 Å². The number of rotatable bonds is 2. The average Bonchev–Trinajstić information content (AvgIpc) is 2.50. The van der Waals surface area contributed by atoms with Crippen LogP contribution in [0.1, 0.15) is 40.7 Å². The number of anilines is 1. The zero-order valence-corrected chi connectivity index (χ0v) is 10.0. The summed E-state index contributed by atoms with van der Waals surface area (Å²) in [6, 6.07) is 0.310. The van der Waals surface area contributed by atoms with Crippen LogP contribution in [0.2, 0.25) is 0 Å². The van der Waals surface area contributed by atoms with Gasteiger partial charge in [0, 0.05) is 17.7 Å². The minimum absolute atomic E-state index is 0.00538. The van der Waals surface area contributed by atoms with E-state index in [0.29, 0.717) is 6.04 Å². The number of carbonyl (C=O) groups is 1. The minimum atomic E-state index is -0.375. The molecular weight excluding hydrogens is 190 g/mol. The molecule has 15 heavy (non-hydrogen) atoms. The first kappa shape index (κ1) is 11.8. The molecular formula is C11H19N3O. The Balaban J connectivity index is 2.70. The van der Waals surface area contributed by atoms with Gasteiger partial charge < -0.3 is 5.32 Å². The predicted octanol–water partition coefficient (Wildman–Crippen LogP) is 2.45. The van der Waals surface area contributed by atoms with Gasteiger partial charge >= 0.3 is 0 Å². The SMILES string of the molecule is CC(C)n1cc(NC(=O)C(C)(C)C)cn1. The van der Waals surface area contributed by atoms with Crippen LogP contribution < -0.4 is 5.32 Å². The van der Waals surface area contributed by atoms with E-state index in [9.17, 15) is 4.79 Å². The summed E-state index contributed by atoms with van der Waals surface area (Å²) in [6.07, 6.45) is 3.51. The van der Waals surface area contributed by atoms with E-state index in [1.165, 1.54) is 0 Å². The Kier molecular flexibility index (Phi) is 3.17. The highest BCUT2D eigenvalue weighted by molar-refractivity contribution is 5.94. The molecule has 0 unspecified atom stereocenters. The number of hydrogen-bond acceptors (Lipinski definition) is 2. The van der Waals surface area contributed by atoms with Crippen LogP contribution >= 0.6 is 0 Å². The zero-order valence-electron chi connectivity index (χ0n) is 10.0. The molecule has 0 aromatic carbocycles. The van der Waals surface area contributed by atoms with Crippen LogP contribution in [0, 0.1) is 5.41 Å². The van der Waals surface area contributed by atoms with Crippen LogP contribution in [0.4, 0.5) is 5.69 Å². The van der Waals surface area contributed by atoms with Gasteiger partial charge in [-0.25, -0.2) is 0 Å². The summed E-state index contributed by atoms with van der Waals surface area (Å²) in [5.41, 5.74) is 0.378. The molecule has 4 nitrogen and oxygen atoms in total. The molecule has 1 N–H and O–H groups in total. The molecule has 1 aromatic heterocycles. The standard InChI is InChI=1S/C11H19N3O/c1-8(2)14-7-9(6-12-14)13-10(15)11(3,4)5/h6-8H,1-5H3,(H,13,15). The van der Waals surface area contributed by atoms with Gasteiger partial charge in [0.05, 0.1) is 11.9 Å². The third-order valence-electron chi connectivity index (χ3n) is 2.07. The molecule has 4 heteroatoms. The van der Waals surface area contributed by atoms with Crippen molar-refractivity contribution in [3.8, 4) is 0 Å². The fourth-order valence-corrected chi connectivity index (χ4v) is 1.00. The van der Waals surface area contributed by atoms with Gasteiger partial charge in [0.2, 0.25) is 5.91 Å². The van der Waals surface area contributed by atoms with Gasteiger partial charge in [-0.05, 0) is 13.8 Å². The Labute approximate surface area is 90.7 Å². The van der Waals surface area contributed by atoms with Crippen LogP contribution in [-0.2, 0) is 4.79 Å². The van der Waals surface area contributed by atoms with E-state index < -0.39 is 0 Å². The summed E-state index contributed by atoms with van der Waals surface area (Å²) in [6.45, 7) is 9.74. The molecule has 1 amide bonds. The van der Waals surface area contributed by atoms with Crippen LogP contribution in [0.3, 0.4) is 0 Å². The molecule has 1 heterocycles. The first-order valence-corrected chi connectivity index (χ1v) is 5.16. The molecule has 0 spiro atoms. The van der Waals surface area contributed by atoms with Crippen molar-refractivity contribution in [3.05, 3.63) is 12.4 Å². The lowest BCUT2D eigenvalue weighted by Crippen LogP contribution is -2.27. The quantitative estimate of drug-likeness (QED) is 0.813. The maximum absolute atomic E-state index is 11.7. The topological polar surface area (TPSA) is 46.9 Å². The summed E-state index contributed by atoms with van der Waals surface area (Å²) >= 11 is 0. The van der Waals surface area contributed by atoms with Crippen molar-refractivity contribution in [1.29, 1.82) is 0 Å². The van der Waals surface area contributed by atoms with E-state index >= 15 is 0 Å².